The van der Waals surface area contributed by atoms with Crippen LogP contribution in [0.4, 0.5) is 18.9 Å². The smallest absolute Gasteiger partial charge is 0.378 e. The average molecular weight is 394 g/mol. The number of nitrogens with one attached hydrogen (secondary N) is 1. The molecule has 1 aromatic heterocycles. The number of halogens is 3. The Kier molecular flexibility index (Phi) is 5.59. The molecule has 2 aromatic rings. The minimum absolute atomic E-state index is 0.304. The number of benzene rings is 1. The summed E-state index contributed by atoms with van der Waals surface area (Å²) in [6.45, 7) is 5.38. The molecule has 152 valence electrons. The Morgan fingerprint density at radius 3 is 2.75 bits per heavy atom. The Bertz CT molecular complexity index is 799. The Balaban J connectivity index is 1.33. The van der Waals surface area contributed by atoms with Crippen LogP contribution in [0.1, 0.15) is 23.5 Å². The normalized spacial score (nSPS) is 20.2. The summed E-state index contributed by atoms with van der Waals surface area (Å²) in [6, 6.07) is 8.36. The van der Waals surface area contributed by atoms with Crippen LogP contribution in [0.2, 0.25) is 0 Å². The zero-order valence-electron chi connectivity index (χ0n) is 15.7. The van der Waals surface area contributed by atoms with E-state index < -0.39 is 11.9 Å². The third-order valence-corrected chi connectivity index (χ3v) is 5.47. The lowest BCUT2D eigenvalue weighted by Crippen LogP contribution is -2.37. The zero-order valence-corrected chi connectivity index (χ0v) is 15.7. The van der Waals surface area contributed by atoms with E-state index in [1.807, 2.05) is 12.1 Å². The van der Waals surface area contributed by atoms with Gasteiger partial charge < -0.3 is 19.5 Å². The van der Waals surface area contributed by atoms with E-state index >= 15 is 0 Å². The predicted molar refractivity (Wildman–Crippen MR) is 100 cm³/mol. The highest BCUT2D eigenvalue weighted by atomic mass is 19.4. The molecule has 0 unspecified atom stereocenters. The van der Waals surface area contributed by atoms with Crippen LogP contribution in [0.3, 0.4) is 0 Å². The lowest BCUT2D eigenvalue weighted by Gasteiger charge is -2.31. The van der Waals surface area contributed by atoms with Crippen molar-refractivity contribution in [3.8, 4) is 0 Å². The molecule has 1 atom stereocenters. The molecule has 0 saturated carbocycles. The molecule has 5 nitrogen and oxygen atoms in total. The van der Waals surface area contributed by atoms with Crippen molar-refractivity contribution < 1.29 is 17.9 Å². The first-order chi connectivity index (χ1) is 13.5. The summed E-state index contributed by atoms with van der Waals surface area (Å²) >= 11 is 0. The van der Waals surface area contributed by atoms with Gasteiger partial charge in [0.1, 0.15) is 5.82 Å². The van der Waals surface area contributed by atoms with Crippen molar-refractivity contribution in [2.24, 2.45) is 5.92 Å². The van der Waals surface area contributed by atoms with Crippen molar-refractivity contribution in [2.75, 3.05) is 37.7 Å². The summed E-state index contributed by atoms with van der Waals surface area (Å²) in [6.07, 6.45) is -1.78. The number of rotatable bonds is 5. The summed E-state index contributed by atoms with van der Waals surface area (Å²) in [5, 5.41) is 3.50. The first-order valence-electron chi connectivity index (χ1n) is 9.75. The molecule has 0 aliphatic carbocycles. The maximum absolute atomic E-state index is 12.9. The first-order valence-corrected chi connectivity index (χ1v) is 9.75. The fraction of sp³-hybridized carbons (Fsp3) is 0.550. The Morgan fingerprint density at radius 1 is 1.18 bits per heavy atom. The number of para-hydroxylation sites is 1. The molecule has 0 bridgehead atoms. The second-order valence-electron chi connectivity index (χ2n) is 7.46. The maximum Gasteiger partial charge on any atom is 0.434 e. The van der Waals surface area contributed by atoms with Gasteiger partial charge in [-0.1, -0.05) is 18.2 Å². The Morgan fingerprint density at radius 2 is 1.96 bits per heavy atom. The van der Waals surface area contributed by atoms with Gasteiger partial charge in [-0.2, -0.15) is 13.2 Å². The lowest BCUT2D eigenvalue weighted by atomic mass is 9.99. The van der Waals surface area contributed by atoms with E-state index in [0.717, 1.165) is 52.0 Å². The molecule has 0 amide bonds. The number of anilines is 1. The van der Waals surface area contributed by atoms with Crippen molar-refractivity contribution in [1.29, 1.82) is 0 Å². The molecule has 28 heavy (non-hydrogen) atoms. The van der Waals surface area contributed by atoms with Crippen LogP contribution in [0.15, 0.2) is 30.5 Å². The number of aromatic nitrogens is 2. The van der Waals surface area contributed by atoms with Gasteiger partial charge in [0.2, 0.25) is 0 Å². The lowest BCUT2D eigenvalue weighted by molar-refractivity contribution is -0.141. The fourth-order valence-corrected chi connectivity index (χ4v) is 4.00. The molecule has 2 aliphatic heterocycles. The summed E-state index contributed by atoms with van der Waals surface area (Å²) in [5.74, 6) is 0.847. The van der Waals surface area contributed by atoms with Gasteiger partial charge in [-0.05, 0) is 30.5 Å². The first kappa shape index (κ1) is 19.3. The summed E-state index contributed by atoms with van der Waals surface area (Å²) < 4.78 is 45.7. The number of aryl methyl sites for hydroxylation is 1. The number of fused-ring (bicyclic) bond motifs is 1. The van der Waals surface area contributed by atoms with Gasteiger partial charge in [0.25, 0.3) is 0 Å². The molecule has 1 aromatic carbocycles. The molecule has 4 rings (SSSR count). The van der Waals surface area contributed by atoms with Crippen LogP contribution >= 0.6 is 0 Å². The van der Waals surface area contributed by atoms with Gasteiger partial charge in [0.15, 0.2) is 5.69 Å². The number of alkyl halides is 3. The van der Waals surface area contributed by atoms with E-state index in [9.17, 15) is 13.2 Å². The third kappa shape index (κ3) is 4.33. The van der Waals surface area contributed by atoms with Crippen molar-refractivity contribution in [2.45, 2.75) is 32.1 Å². The standard InChI is InChI=1S/C20H25F3N4O/c21-20(22,23)18-14-27-13-15(5-6-19(27)25-18)11-24-12-16-3-1-2-4-17(16)26-7-9-28-10-8-26/h1-4,14-15,24H,5-13H2/t15-/m0/s1. The molecular weight excluding hydrogens is 369 g/mol. The highest BCUT2D eigenvalue weighted by Gasteiger charge is 2.35. The third-order valence-electron chi connectivity index (χ3n) is 5.47. The van der Waals surface area contributed by atoms with Crippen LogP contribution in [0, 0.1) is 5.92 Å². The largest absolute Gasteiger partial charge is 0.434 e. The van der Waals surface area contributed by atoms with Crippen LogP contribution in [0.25, 0.3) is 0 Å². The predicted octanol–water partition coefficient (Wildman–Crippen LogP) is 3.09. The molecule has 2 aliphatic rings. The molecule has 1 N–H and O–H groups in total. The highest BCUT2D eigenvalue weighted by molar-refractivity contribution is 5.53. The highest BCUT2D eigenvalue weighted by Crippen LogP contribution is 2.30. The molecule has 1 saturated heterocycles. The van der Waals surface area contributed by atoms with Crippen LogP contribution in [0.5, 0.6) is 0 Å². The SMILES string of the molecule is FC(F)(F)c1cn2c(n1)CC[C@@H](CNCc1ccccc1N1CCOCC1)C2. The quantitative estimate of drug-likeness (QED) is 0.846. The van der Waals surface area contributed by atoms with Crippen molar-refractivity contribution in [3.05, 3.63) is 47.5 Å². The molecule has 3 heterocycles. The Labute approximate surface area is 162 Å². The summed E-state index contributed by atoms with van der Waals surface area (Å²) in [5.41, 5.74) is 1.69. The van der Waals surface area contributed by atoms with Crippen molar-refractivity contribution in [3.63, 3.8) is 0 Å². The topological polar surface area (TPSA) is 42.3 Å². The van der Waals surface area contributed by atoms with Crippen LogP contribution < -0.4 is 10.2 Å². The van der Waals surface area contributed by atoms with E-state index in [-0.39, 0.29) is 0 Å². The van der Waals surface area contributed by atoms with Crippen molar-refractivity contribution in [1.82, 2.24) is 14.9 Å². The minimum Gasteiger partial charge on any atom is -0.378 e. The van der Waals surface area contributed by atoms with Gasteiger partial charge in [-0.15, -0.1) is 0 Å². The molecule has 0 spiro atoms. The zero-order chi connectivity index (χ0) is 19.6. The van der Waals surface area contributed by atoms with Gasteiger partial charge in [0, 0.05) is 44.5 Å². The van der Waals surface area contributed by atoms with Gasteiger partial charge in [-0.25, -0.2) is 4.98 Å². The second kappa shape index (κ2) is 8.13. The number of hydrogen-bond acceptors (Lipinski definition) is 4. The van der Waals surface area contributed by atoms with E-state index in [2.05, 4.69) is 27.3 Å². The number of imidazole rings is 1. The number of hydrogen-bond donors (Lipinski definition) is 1. The van der Waals surface area contributed by atoms with Gasteiger partial charge in [-0.3, -0.25) is 0 Å². The van der Waals surface area contributed by atoms with Crippen LogP contribution in [-0.4, -0.2) is 42.4 Å². The van der Waals surface area contributed by atoms with E-state index in [0.29, 0.717) is 24.7 Å². The average Bonchev–Trinajstić information content (AvgIpc) is 3.13. The summed E-state index contributed by atoms with van der Waals surface area (Å²) in [4.78, 5) is 6.09. The number of morpholine rings is 1. The van der Waals surface area contributed by atoms with Gasteiger partial charge >= 0.3 is 6.18 Å². The van der Waals surface area contributed by atoms with Gasteiger partial charge in [0.05, 0.1) is 13.2 Å². The monoisotopic (exact) mass is 394 g/mol. The van der Waals surface area contributed by atoms with E-state index in [4.69, 9.17) is 4.74 Å². The number of nitrogens with zero attached hydrogens (tertiary/aromatic N) is 3. The molecule has 8 heteroatoms. The molecular formula is C20H25F3N4O. The summed E-state index contributed by atoms with van der Waals surface area (Å²) in [7, 11) is 0. The van der Waals surface area contributed by atoms with E-state index in [1.165, 1.54) is 11.3 Å². The second-order valence-corrected chi connectivity index (χ2v) is 7.46. The fourth-order valence-electron chi connectivity index (χ4n) is 4.00. The van der Waals surface area contributed by atoms with Crippen LogP contribution in [-0.2, 0) is 30.4 Å². The molecule has 1 fully saturated rings. The maximum atomic E-state index is 12.9. The molecule has 0 radical (unpaired) electrons. The Hall–Kier alpha value is -2.06. The number of ether oxygens (including phenoxy) is 1. The van der Waals surface area contributed by atoms with Crippen molar-refractivity contribution >= 4 is 5.69 Å². The van der Waals surface area contributed by atoms with E-state index in [1.54, 1.807) is 4.57 Å². The minimum atomic E-state index is -4.37.